The molecule has 0 radical (unpaired) electrons. The summed E-state index contributed by atoms with van der Waals surface area (Å²) in [6.07, 6.45) is -81.7. The number of amides is 3. The summed E-state index contributed by atoms with van der Waals surface area (Å²) in [5.41, 5.74) is 0. The first-order valence-corrected chi connectivity index (χ1v) is 33.0. The molecule has 102 heavy (non-hydrogen) atoms. The molecule has 25 N–H and O–H groups in total. The summed E-state index contributed by atoms with van der Waals surface area (Å²) in [6, 6.07) is -5.49. The summed E-state index contributed by atoms with van der Waals surface area (Å²) in [4.78, 5) is 49.8. The summed E-state index contributed by atoms with van der Waals surface area (Å²) in [5, 5.41) is 241. The molecular weight excluding hydrogens is 1430 g/mol. The van der Waals surface area contributed by atoms with Crippen molar-refractivity contribution in [2.75, 3.05) is 39.6 Å². The largest absolute Gasteiger partial charge is 0.479 e. The Hall–Kier alpha value is -3.65. The van der Waals surface area contributed by atoms with Crippen LogP contribution < -0.4 is 16.0 Å². The van der Waals surface area contributed by atoms with Crippen LogP contribution in [0.1, 0.15) is 27.7 Å². The van der Waals surface area contributed by atoms with Gasteiger partial charge in [0, 0.05) is 20.8 Å². The molecule has 47 nitrogen and oxygen atoms in total. The molecule has 0 saturated carbocycles. The highest BCUT2D eigenvalue weighted by Crippen LogP contribution is 2.41. The number of nitrogens with one attached hydrogen (secondary N) is 3. The lowest BCUT2D eigenvalue weighted by Crippen LogP contribution is -2.71. The van der Waals surface area contributed by atoms with Gasteiger partial charge in [-0.25, -0.2) is 8.98 Å². The lowest BCUT2D eigenvalue weighted by Gasteiger charge is -2.53. The number of aliphatic hydroxyl groups is 20. The molecule has 8 heterocycles. The third-order valence-electron chi connectivity index (χ3n) is 18.0. The van der Waals surface area contributed by atoms with Crippen LogP contribution in [0.5, 0.6) is 0 Å². The Balaban J connectivity index is 1.21. The third-order valence-corrected chi connectivity index (χ3v) is 18.4. The Morgan fingerprint density at radius 3 is 1.32 bits per heavy atom. The maximum Gasteiger partial charge on any atom is 0.397 e. The van der Waals surface area contributed by atoms with Crippen LogP contribution >= 0.6 is 0 Å². The second-order valence-electron chi connectivity index (χ2n) is 25.2. The van der Waals surface area contributed by atoms with E-state index in [1.165, 1.54) is 0 Å². The minimum atomic E-state index is -5.23. The van der Waals surface area contributed by atoms with Crippen molar-refractivity contribution in [3.8, 4) is 0 Å². The lowest BCUT2D eigenvalue weighted by atomic mass is 9.93. The number of rotatable bonds is 26. The predicted octanol–water partition coefficient (Wildman–Crippen LogP) is -17.1. The Kier molecular flexibility index (Phi) is 29.3. The second kappa shape index (κ2) is 35.6. The van der Waals surface area contributed by atoms with Crippen molar-refractivity contribution in [1.82, 2.24) is 16.0 Å². The van der Waals surface area contributed by atoms with Crippen LogP contribution in [0, 0.1) is 0 Å². The molecule has 8 fully saturated rings. The maximum absolute atomic E-state index is 13.0. The average Bonchev–Trinajstić information content (AvgIpc) is 0.757. The molecule has 0 aromatic carbocycles. The molecule has 8 saturated heterocycles. The van der Waals surface area contributed by atoms with Crippen molar-refractivity contribution in [3.05, 3.63) is 0 Å². The van der Waals surface area contributed by atoms with Gasteiger partial charge in [-0.05, 0) is 6.92 Å². The number of hydrogen-bond acceptors (Lipinski definition) is 42. The van der Waals surface area contributed by atoms with Crippen molar-refractivity contribution >= 4 is 34.1 Å². The number of carboxylic acid groups (broad SMARTS) is 1. The van der Waals surface area contributed by atoms with Crippen LogP contribution in [0.4, 0.5) is 0 Å². The first-order chi connectivity index (χ1) is 47.9. The summed E-state index contributed by atoms with van der Waals surface area (Å²) in [6.45, 7) is -3.09. The second-order valence-corrected chi connectivity index (χ2v) is 26.3. The van der Waals surface area contributed by atoms with E-state index in [0.29, 0.717) is 0 Å². The molecule has 3 amide bonds. The molecule has 0 aromatic rings. The molecule has 590 valence electrons. The van der Waals surface area contributed by atoms with E-state index in [9.17, 15) is 139 Å². The van der Waals surface area contributed by atoms with E-state index < -0.39 is 319 Å². The highest BCUT2D eigenvalue weighted by molar-refractivity contribution is 7.80. The lowest BCUT2D eigenvalue weighted by molar-refractivity contribution is -0.420. The van der Waals surface area contributed by atoms with Crippen LogP contribution in [0.3, 0.4) is 0 Å². The molecule has 0 unspecified atom stereocenters. The number of carbonyl (C=O) groups is 4. The number of carbonyl (C=O) groups excluding carboxylic acids is 3. The molecule has 8 aliphatic rings. The Bertz CT molecular complexity index is 2850. The minimum Gasteiger partial charge on any atom is -0.479 e. The van der Waals surface area contributed by atoms with Gasteiger partial charge in [-0.15, -0.1) is 0 Å². The molecular formula is C54H89N3O44S. The van der Waals surface area contributed by atoms with Crippen LogP contribution in [-0.4, -0.2) is 429 Å². The van der Waals surface area contributed by atoms with Gasteiger partial charge in [-0.2, -0.15) is 8.42 Å². The number of aliphatic carboxylic acids is 1. The number of hydrogen-bond donors (Lipinski definition) is 25. The summed E-state index contributed by atoms with van der Waals surface area (Å²) >= 11 is 0. The highest BCUT2D eigenvalue weighted by atomic mass is 32.3. The third kappa shape index (κ3) is 18.9. The standard InChI is InChI=1S/C54H89N3O44S/c1-11-24(65)31(72)35(76)50(88-11)101-45-44(100-53-38(79)42(27(68)16(6-59)91-53)98-52-36(77)32(73)33(74)43(99-52)46(80)81)40(96-51-37(78)34(75)39(17(7-60)92-51)95-49-22(56-13(3)63)30(71)25(66)15(5-58)90-49)18(8-61)93-54(45)97-41-23(57-14(4)64)47(82)89-19(28(41)69)9-86-48-21(55-12(2)62)29(70)26(67)20(94-48)10-87-102(83,84)85/h11,15-45,47-54,58-61,65-79,82H,5-10H2,1-4H3,(H,55,62)(H,56,63)(H,57,64)(H,80,81)(H,83,84,85)/t11-,15+,16+,17+,18+,19+,20+,21+,22+,23+,24+,25-,26+,27-,28-,29+,30+,31+,32-,33-,34+,35-,36+,37+,38+,39-,40-,41+,42-,43-,44-,45+,47-,48+,49+,50-,51-,52+,53-,54-/m0/s1. The monoisotopic (exact) mass is 1520 g/mol. The topological polar surface area (TPSA) is 731 Å². The summed E-state index contributed by atoms with van der Waals surface area (Å²) < 4.78 is 125. The van der Waals surface area contributed by atoms with Crippen molar-refractivity contribution in [2.24, 2.45) is 0 Å². The molecule has 0 aromatic heterocycles. The smallest absolute Gasteiger partial charge is 0.397 e. The van der Waals surface area contributed by atoms with Crippen molar-refractivity contribution in [2.45, 2.75) is 273 Å². The zero-order valence-corrected chi connectivity index (χ0v) is 54.9. The van der Waals surface area contributed by atoms with E-state index in [1.807, 2.05) is 0 Å². The van der Waals surface area contributed by atoms with Gasteiger partial charge in [-0.1, -0.05) is 0 Å². The van der Waals surface area contributed by atoms with Crippen LogP contribution in [0.2, 0.25) is 0 Å². The van der Waals surface area contributed by atoms with Gasteiger partial charge in [0.25, 0.3) is 0 Å². The zero-order chi connectivity index (χ0) is 75.6. The first-order valence-electron chi connectivity index (χ1n) is 31.6. The predicted molar refractivity (Wildman–Crippen MR) is 309 cm³/mol. The SMILES string of the molecule is CC(=O)N[C@@H]1[C@@H](O[C@@H]2O[C@H](CO)[C@H](O[C@@H]3O[C@H](CO)[C@H](O[C@H]4O[C@H](CO)[C@H](O)[C@H](O)[C@H]4NC(C)=O)[C@H](O)[C@H]3O)[C@H](O[C@@H]3O[C@H](CO)[C@H](O)[C@H](O[C@@H]4O[C@H](C(=O)O)[C@@H](O)[C@H](O)[C@H]4O)[C@H]3O)[C@H]2O[C@@H]2O[C@@H](C)[C@@H](O)[C@@H](O)[C@@H]2O)[C@@H](O)[C@@H](CO[C@@H]2O[C@H](COS(=O)(=O)O)[C@@H](O)[C@H](O)[C@H]2NC(C)=O)O[C@@H]1O. The summed E-state index contributed by atoms with van der Waals surface area (Å²) in [7, 11) is -5.23. The van der Waals surface area contributed by atoms with Gasteiger partial charge in [-0.3, -0.25) is 18.9 Å². The molecule has 8 rings (SSSR count). The fraction of sp³-hybridized carbons (Fsp3) is 0.926. The van der Waals surface area contributed by atoms with E-state index in [-0.39, 0.29) is 0 Å². The van der Waals surface area contributed by atoms with Crippen LogP contribution in [0.15, 0.2) is 0 Å². The normalized spacial score (nSPS) is 48.2. The Morgan fingerprint density at radius 2 is 0.755 bits per heavy atom. The molecule has 48 heteroatoms. The molecule has 0 bridgehead atoms. The van der Waals surface area contributed by atoms with Gasteiger partial charge < -0.3 is 194 Å². The van der Waals surface area contributed by atoms with Gasteiger partial charge in [0.15, 0.2) is 56.4 Å². The minimum absolute atomic E-state index is 0.835. The maximum atomic E-state index is 13.0. The molecule has 0 spiro atoms. The van der Waals surface area contributed by atoms with E-state index >= 15 is 0 Å². The average molecular weight is 1520 g/mol. The van der Waals surface area contributed by atoms with Gasteiger partial charge in [0.2, 0.25) is 17.7 Å². The van der Waals surface area contributed by atoms with Gasteiger partial charge >= 0.3 is 16.4 Å². The van der Waals surface area contributed by atoms with Crippen molar-refractivity contribution < 1.29 is 215 Å². The molecule has 8 aliphatic heterocycles. The van der Waals surface area contributed by atoms with E-state index in [2.05, 4.69) is 20.1 Å². The van der Waals surface area contributed by atoms with Crippen LogP contribution in [-0.2, 0) is 105 Å². The highest BCUT2D eigenvalue weighted by Gasteiger charge is 2.61. The van der Waals surface area contributed by atoms with Crippen molar-refractivity contribution in [1.29, 1.82) is 0 Å². The van der Waals surface area contributed by atoms with Gasteiger partial charge in [0.1, 0.15) is 183 Å². The fourth-order valence-electron chi connectivity index (χ4n) is 12.6. The Labute approximate surface area is 576 Å². The zero-order valence-electron chi connectivity index (χ0n) is 54.1. The Morgan fingerprint density at radius 1 is 0.353 bits per heavy atom. The first kappa shape index (κ1) is 84.0. The van der Waals surface area contributed by atoms with E-state index in [0.717, 1.165) is 27.7 Å². The number of carboxylic acids is 1. The van der Waals surface area contributed by atoms with E-state index in [4.69, 9.17) is 71.1 Å². The van der Waals surface area contributed by atoms with Crippen molar-refractivity contribution in [3.63, 3.8) is 0 Å². The molecule has 40 atom stereocenters. The van der Waals surface area contributed by atoms with E-state index in [1.54, 1.807) is 0 Å². The number of aliphatic hydroxyl groups excluding tert-OH is 20. The quantitative estimate of drug-likeness (QED) is 0.0358. The van der Waals surface area contributed by atoms with Gasteiger partial charge in [0.05, 0.1) is 45.7 Å². The van der Waals surface area contributed by atoms with Crippen LogP contribution in [0.25, 0.3) is 0 Å². The molecule has 0 aliphatic carbocycles. The summed E-state index contributed by atoms with van der Waals surface area (Å²) in [5.74, 6) is -4.64. The number of ether oxygens (including phenoxy) is 15. The fourth-order valence-corrected chi connectivity index (χ4v) is 12.9.